The average molecular weight is 234 g/mol. The van der Waals surface area contributed by atoms with Crippen molar-refractivity contribution in [3.63, 3.8) is 0 Å². The lowest BCUT2D eigenvalue weighted by Gasteiger charge is -2.15. The maximum absolute atomic E-state index is 5.59. The van der Waals surface area contributed by atoms with Gasteiger partial charge in [-0.1, -0.05) is 0 Å². The molecule has 1 unspecified atom stereocenters. The predicted molar refractivity (Wildman–Crippen MR) is 65.0 cm³/mol. The first-order valence-electron chi connectivity index (χ1n) is 5.01. The topological polar surface area (TPSA) is 63.8 Å². The van der Waals surface area contributed by atoms with Crippen LogP contribution in [0.15, 0.2) is 23.8 Å². The Balaban J connectivity index is 2.37. The van der Waals surface area contributed by atoms with E-state index in [9.17, 15) is 0 Å². The van der Waals surface area contributed by atoms with Gasteiger partial charge in [-0.3, -0.25) is 15.8 Å². The number of aryl methyl sites for hydroxylation is 2. The van der Waals surface area contributed by atoms with Crippen molar-refractivity contribution in [2.45, 2.75) is 19.9 Å². The normalized spacial score (nSPS) is 12.7. The minimum absolute atomic E-state index is 0.0839. The molecular formula is C11H14N4S. The molecule has 0 saturated carbocycles. The Morgan fingerprint density at radius 1 is 1.31 bits per heavy atom. The number of rotatable bonds is 3. The fourth-order valence-corrected chi connectivity index (χ4v) is 2.32. The van der Waals surface area contributed by atoms with Crippen LogP contribution in [0, 0.1) is 13.8 Å². The Bertz CT molecular complexity index is 463. The molecule has 0 aliphatic heterocycles. The fourth-order valence-electron chi connectivity index (χ4n) is 1.58. The number of hydrogen-bond donors (Lipinski definition) is 2. The lowest BCUT2D eigenvalue weighted by Crippen LogP contribution is -2.29. The molecule has 2 aromatic rings. The van der Waals surface area contributed by atoms with Crippen LogP contribution >= 0.6 is 11.3 Å². The van der Waals surface area contributed by atoms with Crippen LogP contribution in [0.25, 0.3) is 0 Å². The monoisotopic (exact) mass is 234 g/mol. The lowest BCUT2D eigenvalue weighted by molar-refractivity contribution is 0.616. The molecule has 3 N–H and O–H groups in total. The molecule has 0 aliphatic rings. The first kappa shape index (κ1) is 11.2. The molecule has 0 saturated heterocycles. The van der Waals surface area contributed by atoms with Crippen molar-refractivity contribution in [3.8, 4) is 0 Å². The molecule has 84 valence electrons. The third-order valence-corrected chi connectivity index (χ3v) is 3.33. The first-order valence-corrected chi connectivity index (χ1v) is 5.89. The van der Waals surface area contributed by atoms with Gasteiger partial charge >= 0.3 is 0 Å². The number of hydrazine groups is 1. The van der Waals surface area contributed by atoms with Crippen LogP contribution in [0.4, 0.5) is 0 Å². The molecule has 1 atom stereocenters. The summed E-state index contributed by atoms with van der Waals surface area (Å²) in [4.78, 5) is 9.82. The van der Waals surface area contributed by atoms with Gasteiger partial charge in [0.2, 0.25) is 0 Å². The molecule has 2 aromatic heterocycles. The highest BCUT2D eigenvalue weighted by atomic mass is 32.1. The van der Waals surface area contributed by atoms with Crippen molar-refractivity contribution in [1.29, 1.82) is 0 Å². The Kier molecular flexibility index (Phi) is 3.28. The molecular weight excluding hydrogens is 220 g/mol. The number of nitrogens with zero attached hydrogens (tertiary/aromatic N) is 2. The second-order valence-corrected chi connectivity index (χ2v) is 4.73. The summed E-state index contributed by atoms with van der Waals surface area (Å²) in [5.74, 6) is 5.59. The van der Waals surface area contributed by atoms with Crippen molar-refractivity contribution >= 4 is 11.3 Å². The van der Waals surface area contributed by atoms with Gasteiger partial charge < -0.3 is 0 Å². The van der Waals surface area contributed by atoms with Crippen molar-refractivity contribution in [2.75, 3.05) is 0 Å². The molecule has 4 nitrogen and oxygen atoms in total. The van der Waals surface area contributed by atoms with Crippen LogP contribution in [-0.4, -0.2) is 9.97 Å². The van der Waals surface area contributed by atoms with Crippen LogP contribution in [0.2, 0.25) is 0 Å². The Labute approximate surface area is 98.5 Å². The SMILES string of the molecule is Cc1cnc(C(NN)c2ccsc2C)cn1. The minimum atomic E-state index is -0.0839. The first-order chi connectivity index (χ1) is 7.72. The maximum Gasteiger partial charge on any atom is 0.0907 e. The molecule has 0 bridgehead atoms. The van der Waals surface area contributed by atoms with Crippen LogP contribution in [0.1, 0.15) is 27.9 Å². The zero-order chi connectivity index (χ0) is 11.5. The van der Waals surface area contributed by atoms with Crippen LogP contribution < -0.4 is 11.3 Å². The van der Waals surface area contributed by atoms with Crippen molar-refractivity contribution in [3.05, 3.63) is 45.7 Å². The van der Waals surface area contributed by atoms with Gasteiger partial charge in [0.25, 0.3) is 0 Å². The highest BCUT2D eigenvalue weighted by molar-refractivity contribution is 7.10. The highest BCUT2D eigenvalue weighted by Crippen LogP contribution is 2.25. The summed E-state index contributed by atoms with van der Waals surface area (Å²) in [5.41, 5.74) is 5.69. The van der Waals surface area contributed by atoms with E-state index in [1.165, 1.54) is 4.88 Å². The maximum atomic E-state index is 5.59. The van der Waals surface area contributed by atoms with Gasteiger partial charge in [-0.2, -0.15) is 0 Å². The standard InChI is InChI=1S/C11H14N4S/c1-7-5-14-10(6-13-7)11(15-12)9-3-4-16-8(9)2/h3-6,11,15H,12H2,1-2H3. The van der Waals surface area contributed by atoms with Gasteiger partial charge in [-0.05, 0) is 30.9 Å². The molecule has 5 heteroatoms. The van der Waals surface area contributed by atoms with Gasteiger partial charge in [0.1, 0.15) is 0 Å². The van der Waals surface area contributed by atoms with E-state index in [1.54, 1.807) is 23.7 Å². The van der Waals surface area contributed by atoms with E-state index in [0.29, 0.717) is 0 Å². The van der Waals surface area contributed by atoms with E-state index >= 15 is 0 Å². The predicted octanol–water partition coefficient (Wildman–Crippen LogP) is 1.71. The molecule has 0 fully saturated rings. The Morgan fingerprint density at radius 2 is 2.12 bits per heavy atom. The highest BCUT2D eigenvalue weighted by Gasteiger charge is 2.16. The summed E-state index contributed by atoms with van der Waals surface area (Å²) in [7, 11) is 0. The largest absolute Gasteiger partial charge is 0.271 e. The van der Waals surface area contributed by atoms with Gasteiger partial charge in [0.05, 0.1) is 23.6 Å². The van der Waals surface area contributed by atoms with Gasteiger partial charge in [-0.25, -0.2) is 5.43 Å². The second kappa shape index (κ2) is 4.69. The third kappa shape index (κ3) is 2.11. The number of nitrogens with one attached hydrogen (secondary N) is 1. The van der Waals surface area contributed by atoms with E-state index in [-0.39, 0.29) is 6.04 Å². The van der Waals surface area contributed by atoms with Gasteiger partial charge in [-0.15, -0.1) is 11.3 Å². The van der Waals surface area contributed by atoms with Crippen molar-refractivity contribution in [1.82, 2.24) is 15.4 Å². The second-order valence-electron chi connectivity index (χ2n) is 3.61. The summed E-state index contributed by atoms with van der Waals surface area (Å²) in [5, 5.41) is 2.05. The van der Waals surface area contributed by atoms with Gasteiger partial charge in [0, 0.05) is 11.1 Å². The molecule has 0 amide bonds. The number of thiophene rings is 1. The molecule has 0 aliphatic carbocycles. The fraction of sp³-hybridized carbons (Fsp3) is 0.273. The molecule has 0 spiro atoms. The number of hydrogen-bond acceptors (Lipinski definition) is 5. The van der Waals surface area contributed by atoms with E-state index < -0.39 is 0 Å². The summed E-state index contributed by atoms with van der Waals surface area (Å²) >= 11 is 1.70. The van der Waals surface area contributed by atoms with Crippen LogP contribution in [0.5, 0.6) is 0 Å². The lowest BCUT2D eigenvalue weighted by atomic mass is 10.1. The summed E-state index contributed by atoms with van der Waals surface area (Å²) in [6, 6.07) is 1.98. The van der Waals surface area contributed by atoms with Crippen LogP contribution in [0.3, 0.4) is 0 Å². The van der Waals surface area contributed by atoms with Crippen molar-refractivity contribution in [2.24, 2.45) is 5.84 Å². The number of aromatic nitrogens is 2. The molecule has 16 heavy (non-hydrogen) atoms. The molecule has 2 heterocycles. The van der Waals surface area contributed by atoms with Crippen molar-refractivity contribution < 1.29 is 0 Å². The van der Waals surface area contributed by atoms with E-state index in [4.69, 9.17) is 5.84 Å². The Hall–Kier alpha value is -1.30. The van der Waals surface area contributed by atoms with E-state index in [0.717, 1.165) is 17.0 Å². The average Bonchev–Trinajstić information content (AvgIpc) is 2.69. The Morgan fingerprint density at radius 3 is 2.62 bits per heavy atom. The number of nitrogens with two attached hydrogens (primary N) is 1. The summed E-state index contributed by atoms with van der Waals surface area (Å²) in [6.07, 6.45) is 3.51. The van der Waals surface area contributed by atoms with Crippen LogP contribution in [-0.2, 0) is 0 Å². The molecule has 2 rings (SSSR count). The quantitative estimate of drug-likeness (QED) is 0.627. The third-order valence-electron chi connectivity index (χ3n) is 2.47. The molecule has 0 aromatic carbocycles. The smallest absolute Gasteiger partial charge is 0.0907 e. The van der Waals surface area contributed by atoms with E-state index in [1.807, 2.05) is 6.92 Å². The van der Waals surface area contributed by atoms with Gasteiger partial charge in [0.15, 0.2) is 0 Å². The van der Waals surface area contributed by atoms with E-state index in [2.05, 4.69) is 33.8 Å². The molecule has 0 radical (unpaired) electrons. The minimum Gasteiger partial charge on any atom is -0.271 e. The summed E-state index contributed by atoms with van der Waals surface area (Å²) in [6.45, 7) is 3.99. The zero-order valence-corrected chi connectivity index (χ0v) is 10.1. The zero-order valence-electron chi connectivity index (χ0n) is 9.27. The summed E-state index contributed by atoms with van der Waals surface area (Å²) < 4.78 is 0.